The Hall–Kier alpha value is -2.41. The molecule has 0 aromatic carbocycles. The number of hydrazine groups is 1. The number of pyridine rings is 1. The van der Waals surface area contributed by atoms with Crippen molar-refractivity contribution in [1.29, 1.82) is 0 Å². The highest BCUT2D eigenvalue weighted by molar-refractivity contribution is 5.54. The van der Waals surface area contributed by atoms with Crippen LogP contribution in [-0.2, 0) is 6.42 Å². The summed E-state index contributed by atoms with van der Waals surface area (Å²) in [5, 5.41) is 0. The van der Waals surface area contributed by atoms with E-state index >= 15 is 0 Å². The van der Waals surface area contributed by atoms with Crippen LogP contribution in [-0.4, -0.2) is 28.7 Å². The highest BCUT2D eigenvalue weighted by Crippen LogP contribution is 2.30. The highest BCUT2D eigenvalue weighted by atomic mass is 16.5. The number of rotatable bonds is 6. The van der Waals surface area contributed by atoms with Gasteiger partial charge in [-0.25, -0.2) is 10.8 Å². The van der Waals surface area contributed by atoms with E-state index in [0.717, 1.165) is 5.69 Å². The lowest BCUT2D eigenvalue weighted by Gasteiger charge is -2.11. The van der Waals surface area contributed by atoms with Gasteiger partial charge in [-0.2, -0.15) is 4.98 Å². The first-order chi connectivity index (χ1) is 9.35. The van der Waals surface area contributed by atoms with Crippen molar-refractivity contribution in [2.75, 3.05) is 19.1 Å². The molecule has 0 bridgehead atoms. The first-order valence-electron chi connectivity index (χ1n) is 5.73. The summed E-state index contributed by atoms with van der Waals surface area (Å²) in [5.74, 6) is 6.44. The summed E-state index contributed by atoms with van der Waals surface area (Å²) in [7, 11) is 1.51. The average molecular weight is 261 g/mol. The molecule has 0 unspecified atom stereocenters. The lowest BCUT2D eigenvalue weighted by atomic mass is 10.3. The molecule has 19 heavy (non-hydrogen) atoms. The molecule has 0 aliphatic carbocycles. The first-order valence-corrected chi connectivity index (χ1v) is 5.73. The number of nitrogen functional groups attached to an aromatic ring is 1. The van der Waals surface area contributed by atoms with Gasteiger partial charge in [-0.1, -0.05) is 6.07 Å². The number of nitrogens with zero attached hydrogens (tertiary/aromatic N) is 3. The maximum absolute atomic E-state index is 5.56. The van der Waals surface area contributed by atoms with Gasteiger partial charge in [-0.3, -0.25) is 4.98 Å². The zero-order valence-electron chi connectivity index (χ0n) is 10.5. The Balaban J connectivity index is 2.00. The summed E-state index contributed by atoms with van der Waals surface area (Å²) >= 11 is 0. The second kappa shape index (κ2) is 6.50. The molecule has 7 heteroatoms. The van der Waals surface area contributed by atoms with E-state index in [1.165, 1.54) is 13.4 Å². The molecule has 0 radical (unpaired) electrons. The standard InChI is InChI=1S/C12H15N5O2/c1-18-10-11(17-13)15-8-16-12(10)19-7-5-9-4-2-3-6-14-9/h2-4,6,8H,5,7,13H2,1H3,(H,15,16,17). The molecule has 0 aliphatic rings. The number of ether oxygens (including phenoxy) is 2. The molecule has 3 N–H and O–H groups in total. The Bertz CT molecular complexity index is 521. The largest absolute Gasteiger partial charge is 0.489 e. The Morgan fingerprint density at radius 3 is 2.84 bits per heavy atom. The minimum Gasteiger partial charge on any atom is -0.489 e. The summed E-state index contributed by atoms with van der Waals surface area (Å²) in [6.45, 7) is 0.439. The van der Waals surface area contributed by atoms with Crippen LogP contribution in [0.25, 0.3) is 0 Å². The van der Waals surface area contributed by atoms with Crippen molar-refractivity contribution >= 4 is 5.82 Å². The third-order valence-corrected chi connectivity index (χ3v) is 2.44. The molecule has 0 fully saturated rings. The molecular formula is C12H15N5O2. The molecule has 7 nitrogen and oxygen atoms in total. The van der Waals surface area contributed by atoms with Crippen molar-refractivity contribution in [3.8, 4) is 11.6 Å². The number of anilines is 1. The lowest BCUT2D eigenvalue weighted by molar-refractivity contribution is 0.284. The maximum Gasteiger partial charge on any atom is 0.262 e. The molecule has 0 aliphatic heterocycles. The molecule has 2 aromatic rings. The van der Waals surface area contributed by atoms with Crippen molar-refractivity contribution in [3.63, 3.8) is 0 Å². The molecule has 0 saturated heterocycles. The minimum absolute atomic E-state index is 0.349. The Labute approximate surface area is 110 Å². The van der Waals surface area contributed by atoms with Gasteiger partial charge >= 0.3 is 0 Å². The van der Waals surface area contributed by atoms with Crippen LogP contribution in [0.1, 0.15) is 5.69 Å². The van der Waals surface area contributed by atoms with E-state index < -0.39 is 0 Å². The van der Waals surface area contributed by atoms with Crippen molar-refractivity contribution in [1.82, 2.24) is 15.0 Å². The van der Waals surface area contributed by atoms with Crippen LogP contribution < -0.4 is 20.7 Å². The summed E-state index contributed by atoms with van der Waals surface area (Å²) in [5.41, 5.74) is 3.38. The van der Waals surface area contributed by atoms with Crippen molar-refractivity contribution in [2.45, 2.75) is 6.42 Å². The number of nitrogens with two attached hydrogens (primary N) is 1. The zero-order valence-corrected chi connectivity index (χ0v) is 10.5. The van der Waals surface area contributed by atoms with Crippen LogP contribution in [0.3, 0.4) is 0 Å². The third kappa shape index (κ3) is 3.29. The Morgan fingerprint density at radius 1 is 1.26 bits per heavy atom. The van der Waals surface area contributed by atoms with E-state index in [1.54, 1.807) is 6.20 Å². The van der Waals surface area contributed by atoms with E-state index in [-0.39, 0.29) is 0 Å². The fourth-order valence-corrected chi connectivity index (χ4v) is 1.55. The molecule has 0 atom stereocenters. The fraction of sp³-hybridized carbons (Fsp3) is 0.250. The van der Waals surface area contributed by atoms with E-state index in [1.807, 2.05) is 18.2 Å². The summed E-state index contributed by atoms with van der Waals surface area (Å²) < 4.78 is 10.7. The van der Waals surface area contributed by atoms with Crippen LogP contribution in [0.4, 0.5) is 5.82 Å². The molecule has 0 saturated carbocycles. The summed E-state index contributed by atoms with van der Waals surface area (Å²) in [6, 6.07) is 5.74. The van der Waals surface area contributed by atoms with Gasteiger partial charge in [0.15, 0.2) is 5.82 Å². The van der Waals surface area contributed by atoms with Gasteiger partial charge in [0.25, 0.3) is 5.88 Å². The van der Waals surface area contributed by atoms with Crippen molar-refractivity contribution in [3.05, 3.63) is 36.4 Å². The average Bonchev–Trinajstić information content (AvgIpc) is 2.48. The van der Waals surface area contributed by atoms with Crippen LogP contribution in [0.2, 0.25) is 0 Å². The van der Waals surface area contributed by atoms with Crippen LogP contribution in [0.5, 0.6) is 11.6 Å². The van der Waals surface area contributed by atoms with Crippen molar-refractivity contribution in [2.24, 2.45) is 5.84 Å². The minimum atomic E-state index is 0.349. The van der Waals surface area contributed by atoms with Gasteiger partial charge in [0, 0.05) is 18.3 Å². The van der Waals surface area contributed by atoms with Gasteiger partial charge in [0.2, 0.25) is 5.75 Å². The number of aromatic nitrogens is 3. The monoisotopic (exact) mass is 261 g/mol. The van der Waals surface area contributed by atoms with E-state index in [9.17, 15) is 0 Å². The van der Waals surface area contributed by atoms with Gasteiger partial charge in [-0.15, -0.1) is 0 Å². The van der Waals surface area contributed by atoms with Crippen LogP contribution >= 0.6 is 0 Å². The lowest BCUT2D eigenvalue weighted by Crippen LogP contribution is -2.12. The number of hydrogen-bond donors (Lipinski definition) is 2. The van der Waals surface area contributed by atoms with Gasteiger partial charge in [0.1, 0.15) is 6.33 Å². The molecule has 2 rings (SSSR count). The normalized spacial score (nSPS) is 10.0. The van der Waals surface area contributed by atoms with Crippen LogP contribution in [0, 0.1) is 0 Å². The Kier molecular flexibility index (Phi) is 4.46. The fourth-order valence-electron chi connectivity index (χ4n) is 1.55. The van der Waals surface area contributed by atoms with Gasteiger partial charge in [-0.05, 0) is 12.1 Å². The second-order valence-electron chi connectivity index (χ2n) is 3.62. The second-order valence-corrected chi connectivity index (χ2v) is 3.62. The molecule has 0 spiro atoms. The SMILES string of the molecule is COc1c(NN)ncnc1OCCc1ccccn1. The molecular weight excluding hydrogens is 246 g/mol. The van der Waals surface area contributed by atoms with E-state index in [4.69, 9.17) is 15.3 Å². The number of nitrogens with one attached hydrogen (secondary N) is 1. The molecule has 2 heterocycles. The van der Waals surface area contributed by atoms with Gasteiger partial charge < -0.3 is 14.9 Å². The number of hydrogen-bond acceptors (Lipinski definition) is 7. The first kappa shape index (κ1) is 13.0. The Morgan fingerprint density at radius 2 is 2.16 bits per heavy atom. The predicted octanol–water partition coefficient (Wildman–Crippen LogP) is 0.787. The number of methoxy groups -OCH3 is 1. The predicted molar refractivity (Wildman–Crippen MR) is 69.8 cm³/mol. The summed E-state index contributed by atoms with van der Waals surface area (Å²) in [4.78, 5) is 12.2. The van der Waals surface area contributed by atoms with E-state index in [2.05, 4.69) is 20.4 Å². The maximum atomic E-state index is 5.56. The third-order valence-electron chi connectivity index (χ3n) is 2.44. The molecule has 0 amide bonds. The topological polar surface area (TPSA) is 95.2 Å². The molecule has 2 aromatic heterocycles. The zero-order chi connectivity index (χ0) is 13.5. The highest BCUT2D eigenvalue weighted by Gasteiger charge is 2.12. The quantitative estimate of drug-likeness (QED) is 0.586. The van der Waals surface area contributed by atoms with Crippen LogP contribution in [0.15, 0.2) is 30.7 Å². The smallest absolute Gasteiger partial charge is 0.262 e. The van der Waals surface area contributed by atoms with Crippen molar-refractivity contribution < 1.29 is 9.47 Å². The van der Waals surface area contributed by atoms with Gasteiger partial charge in [0.05, 0.1) is 13.7 Å². The van der Waals surface area contributed by atoms with E-state index in [0.29, 0.717) is 30.5 Å². The summed E-state index contributed by atoms with van der Waals surface area (Å²) in [6.07, 6.45) is 3.78. The molecule has 100 valence electrons.